The molecule has 7 heteroatoms. The highest BCUT2D eigenvalue weighted by Crippen LogP contribution is 2.25. The fraction of sp³-hybridized carbons (Fsp3) is 0.545. The minimum Gasteiger partial charge on any atom is -0.316 e. The molecule has 5 nitrogen and oxygen atoms in total. The molecule has 2 N–H and O–H groups in total. The fourth-order valence-corrected chi connectivity index (χ4v) is 2.20. The zero-order valence-electron chi connectivity index (χ0n) is 9.75. The second kappa shape index (κ2) is 6.31. The van der Waals surface area contributed by atoms with Gasteiger partial charge in [0.05, 0.1) is 0 Å². The van der Waals surface area contributed by atoms with Crippen molar-refractivity contribution in [1.82, 2.24) is 15.3 Å². The average molecular weight is 289 g/mol. The monoisotopic (exact) mass is 288 g/mol. The summed E-state index contributed by atoms with van der Waals surface area (Å²) in [5, 5.41) is 6.24. The molecule has 18 heavy (non-hydrogen) atoms. The summed E-state index contributed by atoms with van der Waals surface area (Å²) in [4.78, 5) is 19.3. The van der Waals surface area contributed by atoms with Crippen molar-refractivity contribution in [3.8, 4) is 0 Å². The maximum atomic E-state index is 11.7. The number of anilines is 1. The second-order valence-corrected chi connectivity index (χ2v) is 5.01. The highest BCUT2D eigenvalue weighted by Gasteiger charge is 2.16. The fourth-order valence-electron chi connectivity index (χ4n) is 1.93. The standard InChI is InChI=1S/C11H14Cl2N4O/c12-9-10(13)15-6-16-11(9)17-8(18)2-1-7-3-4-14-5-7/h6-7,14H,1-5H2,(H,15,16,17,18). The Hall–Kier alpha value is -0.910. The van der Waals surface area contributed by atoms with Crippen LogP contribution in [0.25, 0.3) is 0 Å². The molecule has 0 spiro atoms. The summed E-state index contributed by atoms with van der Waals surface area (Å²) in [5.74, 6) is 0.755. The number of hydrogen-bond donors (Lipinski definition) is 2. The molecule has 1 aliphatic heterocycles. The van der Waals surface area contributed by atoms with Crippen LogP contribution in [0.2, 0.25) is 10.2 Å². The van der Waals surface area contributed by atoms with Crippen LogP contribution in [-0.2, 0) is 4.79 Å². The lowest BCUT2D eigenvalue weighted by Crippen LogP contribution is -2.16. The molecular formula is C11H14Cl2N4O. The van der Waals surface area contributed by atoms with E-state index in [9.17, 15) is 4.79 Å². The molecule has 1 aromatic rings. The maximum absolute atomic E-state index is 11.7. The van der Waals surface area contributed by atoms with E-state index in [4.69, 9.17) is 23.2 Å². The molecule has 1 unspecified atom stereocenters. The molecule has 1 aliphatic rings. The normalized spacial score (nSPS) is 18.9. The third-order valence-electron chi connectivity index (χ3n) is 2.95. The van der Waals surface area contributed by atoms with Gasteiger partial charge in [0, 0.05) is 6.42 Å². The number of rotatable bonds is 4. The van der Waals surface area contributed by atoms with Gasteiger partial charge in [0.1, 0.15) is 11.3 Å². The topological polar surface area (TPSA) is 66.9 Å². The summed E-state index contributed by atoms with van der Waals surface area (Å²) in [6.45, 7) is 2.03. The minimum atomic E-state index is -0.0985. The van der Waals surface area contributed by atoms with Crippen molar-refractivity contribution >= 4 is 34.9 Å². The van der Waals surface area contributed by atoms with Crippen molar-refractivity contribution in [3.63, 3.8) is 0 Å². The lowest BCUT2D eigenvalue weighted by Gasteiger charge is -2.09. The van der Waals surface area contributed by atoms with E-state index in [0.717, 1.165) is 25.9 Å². The quantitative estimate of drug-likeness (QED) is 0.833. The Morgan fingerprint density at radius 3 is 3.06 bits per heavy atom. The van der Waals surface area contributed by atoms with Gasteiger partial charge in [-0.3, -0.25) is 4.79 Å². The molecule has 2 rings (SSSR count). The van der Waals surface area contributed by atoms with E-state index in [0.29, 0.717) is 12.3 Å². The Labute approximate surface area is 115 Å². The third kappa shape index (κ3) is 3.54. The maximum Gasteiger partial charge on any atom is 0.225 e. The van der Waals surface area contributed by atoms with E-state index in [-0.39, 0.29) is 21.9 Å². The van der Waals surface area contributed by atoms with Crippen LogP contribution in [0.15, 0.2) is 6.33 Å². The van der Waals surface area contributed by atoms with Crippen LogP contribution in [0.3, 0.4) is 0 Å². The summed E-state index contributed by atoms with van der Waals surface area (Å²) in [6, 6.07) is 0. The molecular weight excluding hydrogens is 275 g/mol. The molecule has 2 heterocycles. The Kier molecular flexibility index (Phi) is 4.74. The number of aromatic nitrogens is 2. The van der Waals surface area contributed by atoms with Gasteiger partial charge in [0.25, 0.3) is 0 Å². The van der Waals surface area contributed by atoms with E-state index >= 15 is 0 Å². The number of hydrogen-bond acceptors (Lipinski definition) is 4. The highest BCUT2D eigenvalue weighted by molar-refractivity contribution is 6.42. The first-order valence-electron chi connectivity index (χ1n) is 5.83. The van der Waals surface area contributed by atoms with Gasteiger partial charge in [0.15, 0.2) is 11.0 Å². The first kappa shape index (κ1) is 13.5. The predicted molar refractivity (Wildman–Crippen MR) is 70.9 cm³/mol. The summed E-state index contributed by atoms with van der Waals surface area (Å²) >= 11 is 11.6. The van der Waals surface area contributed by atoms with E-state index in [1.807, 2.05) is 0 Å². The van der Waals surface area contributed by atoms with Gasteiger partial charge in [0.2, 0.25) is 5.91 Å². The van der Waals surface area contributed by atoms with Crippen LogP contribution in [0.4, 0.5) is 5.82 Å². The van der Waals surface area contributed by atoms with Gasteiger partial charge < -0.3 is 10.6 Å². The van der Waals surface area contributed by atoms with Crippen LogP contribution in [-0.4, -0.2) is 29.0 Å². The first-order chi connectivity index (χ1) is 8.66. The molecule has 1 fully saturated rings. The summed E-state index contributed by atoms with van der Waals surface area (Å²) in [5.41, 5.74) is 0. The summed E-state index contributed by atoms with van der Waals surface area (Å²) in [7, 11) is 0. The lowest BCUT2D eigenvalue weighted by atomic mass is 10.0. The number of nitrogens with zero attached hydrogens (tertiary/aromatic N) is 2. The van der Waals surface area contributed by atoms with Crippen molar-refractivity contribution in [2.45, 2.75) is 19.3 Å². The number of amides is 1. The van der Waals surface area contributed by atoms with E-state index in [1.165, 1.54) is 6.33 Å². The number of carbonyl (C=O) groups is 1. The van der Waals surface area contributed by atoms with Crippen LogP contribution >= 0.6 is 23.2 Å². The molecule has 0 aromatic carbocycles. The van der Waals surface area contributed by atoms with Gasteiger partial charge in [-0.15, -0.1) is 0 Å². The molecule has 1 amide bonds. The van der Waals surface area contributed by atoms with Crippen molar-refractivity contribution in [2.24, 2.45) is 5.92 Å². The highest BCUT2D eigenvalue weighted by atomic mass is 35.5. The molecule has 1 saturated heterocycles. The van der Waals surface area contributed by atoms with E-state index < -0.39 is 0 Å². The van der Waals surface area contributed by atoms with Crippen LogP contribution in [0.5, 0.6) is 0 Å². The number of halogens is 2. The molecule has 0 radical (unpaired) electrons. The molecule has 1 aromatic heterocycles. The Bertz CT molecular complexity index is 435. The van der Waals surface area contributed by atoms with Crippen LogP contribution < -0.4 is 10.6 Å². The minimum absolute atomic E-state index is 0.0985. The summed E-state index contributed by atoms with van der Waals surface area (Å²) < 4.78 is 0. The van der Waals surface area contributed by atoms with Gasteiger partial charge in [-0.1, -0.05) is 23.2 Å². The number of nitrogens with one attached hydrogen (secondary N) is 2. The molecule has 0 bridgehead atoms. The smallest absolute Gasteiger partial charge is 0.225 e. The largest absolute Gasteiger partial charge is 0.316 e. The lowest BCUT2D eigenvalue weighted by molar-refractivity contribution is -0.116. The zero-order valence-corrected chi connectivity index (χ0v) is 11.3. The van der Waals surface area contributed by atoms with Crippen molar-refractivity contribution < 1.29 is 4.79 Å². The molecule has 0 aliphatic carbocycles. The average Bonchev–Trinajstić information content (AvgIpc) is 2.86. The molecule has 1 atom stereocenters. The molecule has 98 valence electrons. The SMILES string of the molecule is O=C(CCC1CCNC1)Nc1ncnc(Cl)c1Cl. The predicted octanol–water partition coefficient (Wildman–Crippen LogP) is 2.11. The van der Waals surface area contributed by atoms with Gasteiger partial charge >= 0.3 is 0 Å². The second-order valence-electron chi connectivity index (χ2n) is 4.27. The Morgan fingerprint density at radius 2 is 2.33 bits per heavy atom. The number of carbonyl (C=O) groups excluding carboxylic acids is 1. The van der Waals surface area contributed by atoms with Gasteiger partial charge in [-0.2, -0.15) is 0 Å². The van der Waals surface area contributed by atoms with Crippen molar-refractivity contribution in [1.29, 1.82) is 0 Å². The van der Waals surface area contributed by atoms with Gasteiger partial charge in [-0.25, -0.2) is 9.97 Å². The zero-order chi connectivity index (χ0) is 13.0. The van der Waals surface area contributed by atoms with Crippen molar-refractivity contribution in [3.05, 3.63) is 16.5 Å². The Balaban J connectivity index is 1.84. The van der Waals surface area contributed by atoms with E-state index in [2.05, 4.69) is 20.6 Å². The Morgan fingerprint density at radius 1 is 1.50 bits per heavy atom. The van der Waals surface area contributed by atoms with Crippen LogP contribution in [0, 0.1) is 5.92 Å². The van der Waals surface area contributed by atoms with Crippen LogP contribution in [0.1, 0.15) is 19.3 Å². The summed E-state index contributed by atoms with van der Waals surface area (Å²) in [6.07, 6.45) is 3.73. The molecule has 0 saturated carbocycles. The van der Waals surface area contributed by atoms with Gasteiger partial charge in [-0.05, 0) is 31.8 Å². The third-order valence-corrected chi connectivity index (χ3v) is 3.69. The van der Waals surface area contributed by atoms with E-state index in [1.54, 1.807) is 0 Å². The first-order valence-corrected chi connectivity index (χ1v) is 6.59. The van der Waals surface area contributed by atoms with Crippen molar-refractivity contribution in [2.75, 3.05) is 18.4 Å².